The molecule has 1 fully saturated rings. The summed E-state index contributed by atoms with van der Waals surface area (Å²) in [6.07, 6.45) is 4.33. The summed E-state index contributed by atoms with van der Waals surface area (Å²) in [7, 11) is 0. The van der Waals surface area contributed by atoms with E-state index in [-0.39, 0.29) is 5.69 Å². The van der Waals surface area contributed by atoms with Crippen molar-refractivity contribution in [3.63, 3.8) is 0 Å². The van der Waals surface area contributed by atoms with Crippen LogP contribution in [0.2, 0.25) is 0 Å². The topological polar surface area (TPSA) is 132 Å². The zero-order valence-electron chi connectivity index (χ0n) is 19.6. The number of hydrogen-bond donors (Lipinski definition) is 3. The second-order valence-corrected chi connectivity index (χ2v) is 10.9. The normalized spacial score (nSPS) is 23.8. The number of carboxylic acids is 1. The molecule has 3 N–H and O–H groups in total. The van der Waals surface area contributed by atoms with Crippen molar-refractivity contribution >= 4 is 28.9 Å². The number of aliphatic hydroxyl groups is 1. The van der Waals surface area contributed by atoms with Gasteiger partial charge < -0.3 is 15.5 Å². The van der Waals surface area contributed by atoms with Gasteiger partial charge in [-0.2, -0.15) is 5.26 Å². The molecule has 0 radical (unpaired) electrons. The second kappa shape index (κ2) is 8.46. The summed E-state index contributed by atoms with van der Waals surface area (Å²) in [5, 5.41) is 34.1. The molecule has 1 aliphatic rings. The number of hydrogen-bond acceptors (Lipinski definition) is 8. The second-order valence-electron chi connectivity index (χ2n) is 9.85. The van der Waals surface area contributed by atoms with Gasteiger partial charge in [-0.25, -0.2) is 15.0 Å². The molecule has 34 heavy (non-hydrogen) atoms. The maximum Gasteiger partial charge on any atom is 0.309 e. The number of nitrogens with one attached hydrogen (secondary N) is 1. The Morgan fingerprint density at radius 3 is 2.65 bits per heavy atom. The van der Waals surface area contributed by atoms with Gasteiger partial charge in [0.1, 0.15) is 22.4 Å². The number of aryl methyl sites for hydroxylation is 1. The first kappa shape index (κ1) is 23.8. The van der Waals surface area contributed by atoms with Crippen molar-refractivity contribution in [3.8, 4) is 16.5 Å². The molecule has 2 atom stereocenters. The van der Waals surface area contributed by atoms with Crippen LogP contribution in [0.1, 0.15) is 56.3 Å². The molecule has 0 saturated heterocycles. The molecule has 176 valence electrons. The van der Waals surface area contributed by atoms with Crippen LogP contribution in [0, 0.1) is 29.1 Å². The van der Waals surface area contributed by atoms with Crippen molar-refractivity contribution in [3.05, 3.63) is 52.9 Å². The van der Waals surface area contributed by atoms with E-state index in [1.807, 2.05) is 45.0 Å². The third kappa shape index (κ3) is 4.27. The van der Waals surface area contributed by atoms with E-state index in [9.17, 15) is 15.0 Å². The van der Waals surface area contributed by atoms with E-state index >= 15 is 0 Å². The monoisotopic (exact) mass is 477 g/mol. The van der Waals surface area contributed by atoms with Crippen LogP contribution in [0.25, 0.3) is 10.4 Å². The van der Waals surface area contributed by atoms with E-state index in [0.29, 0.717) is 30.2 Å². The molecule has 1 aromatic carbocycles. The minimum Gasteiger partial charge on any atom is -0.481 e. The largest absolute Gasteiger partial charge is 0.481 e. The van der Waals surface area contributed by atoms with Gasteiger partial charge in [-0.15, -0.1) is 11.3 Å². The lowest BCUT2D eigenvalue weighted by molar-refractivity contribution is -0.170. The SMILES string of the molecule is Cc1cc(Nc2nccc(C#N)n2)cc(-c2cnc([C@@]3(O)CC[C@](C)(C(=O)O)C(C)(C)C3)s2)c1. The van der Waals surface area contributed by atoms with E-state index < -0.39 is 22.4 Å². The van der Waals surface area contributed by atoms with Crippen LogP contribution >= 0.6 is 11.3 Å². The molecule has 4 rings (SSSR count). The summed E-state index contributed by atoms with van der Waals surface area (Å²) in [4.78, 5) is 25.7. The molecule has 0 bridgehead atoms. The van der Waals surface area contributed by atoms with E-state index in [0.717, 1.165) is 21.7 Å². The van der Waals surface area contributed by atoms with Gasteiger partial charge in [-0.3, -0.25) is 4.79 Å². The number of nitrogens with zero attached hydrogens (tertiary/aromatic N) is 4. The molecule has 1 saturated carbocycles. The Hall–Kier alpha value is -3.35. The number of anilines is 2. The molecule has 2 heterocycles. The Bertz CT molecular complexity index is 1300. The van der Waals surface area contributed by atoms with E-state index in [2.05, 4.69) is 20.3 Å². The minimum absolute atomic E-state index is 0.278. The lowest BCUT2D eigenvalue weighted by Gasteiger charge is -2.50. The van der Waals surface area contributed by atoms with Crippen molar-refractivity contribution in [1.29, 1.82) is 5.26 Å². The van der Waals surface area contributed by atoms with E-state index in [1.54, 1.807) is 19.2 Å². The van der Waals surface area contributed by atoms with E-state index in [1.165, 1.54) is 17.5 Å². The van der Waals surface area contributed by atoms with Crippen molar-refractivity contribution in [2.75, 3.05) is 5.32 Å². The van der Waals surface area contributed by atoms with Gasteiger partial charge >= 0.3 is 5.97 Å². The third-order valence-corrected chi connectivity index (χ3v) is 8.27. The van der Waals surface area contributed by atoms with Crippen molar-refractivity contribution in [2.24, 2.45) is 10.8 Å². The molecular weight excluding hydrogens is 450 g/mol. The fourth-order valence-electron chi connectivity index (χ4n) is 4.62. The highest BCUT2D eigenvalue weighted by Gasteiger charge is 2.56. The number of benzene rings is 1. The van der Waals surface area contributed by atoms with Gasteiger partial charge in [-0.1, -0.05) is 19.9 Å². The highest BCUT2D eigenvalue weighted by atomic mass is 32.1. The molecule has 8 nitrogen and oxygen atoms in total. The van der Waals surface area contributed by atoms with Crippen LogP contribution in [0.15, 0.2) is 36.7 Å². The Morgan fingerprint density at radius 2 is 1.97 bits per heavy atom. The first-order chi connectivity index (χ1) is 16.0. The van der Waals surface area contributed by atoms with Crippen LogP contribution in [0.4, 0.5) is 11.6 Å². The summed E-state index contributed by atoms with van der Waals surface area (Å²) < 4.78 is 0. The first-order valence-electron chi connectivity index (χ1n) is 11.0. The number of thiazole rings is 1. The standard InChI is InChI=1S/C25H27N5O3S/c1-15-9-16(11-18(10-15)30-22-27-8-5-17(12-26)29-22)19-13-28-20(34-19)25(33)7-6-24(4,21(31)32)23(2,3)14-25/h5,8-11,13,33H,6-7,14H2,1-4H3,(H,31,32)(H,27,29,30)/t24-,25-/m1/s1. The fourth-order valence-corrected chi connectivity index (χ4v) is 5.64. The predicted molar refractivity (Wildman–Crippen MR) is 130 cm³/mol. The predicted octanol–water partition coefficient (Wildman–Crippen LogP) is 5.01. The lowest BCUT2D eigenvalue weighted by atomic mass is 9.55. The molecule has 0 unspecified atom stereocenters. The van der Waals surface area contributed by atoms with E-state index in [4.69, 9.17) is 5.26 Å². The number of carboxylic acid groups (broad SMARTS) is 1. The zero-order valence-corrected chi connectivity index (χ0v) is 20.4. The summed E-state index contributed by atoms with van der Waals surface area (Å²) >= 11 is 1.42. The minimum atomic E-state index is -1.17. The average molecular weight is 478 g/mol. The molecule has 0 aliphatic heterocycles. The van der Waals surface area contributed by atoms with Gasteiger partial charge in [0.15, 0.2) is 0 Å². The summed E-state index contributed by atoms with van der Waals surface area (Å²) in [5.74, 6) is -0.496. The number of nitriles is 1. The Labute approximate surface area is 202 Å². The quantitative estimate of drug-likeness (QED) is 0.467. The zero-order chi connectivity index (χ0) is 24.7. The highest BCUT2D eigenvalue weighted by Crippen LogP contribution is 2.56. The van der Waals surface area contributed by atoms with Crippen molar-refractivity contribution in [1.82, 2.24) is 15.0 Å². The lowest BCUT2D eigenvalue weighted by Crippen LogP contribution is -2.51. The molecule has 0 spiro atoms. The maximum absolute atomic E-state index is 11.9. The highest BCUT2D eigenvalue weighted by molar-refractivity contribution is 7.15. The molecule has 2 aromatic heterocycles. The Balaban J connectivity index is 1.61. The Morgan fingerprint density at radius 1 is 1.21 bits per heavy atom. The van der Waals surface area contributed by atoms with Gasteiger partial charge in [0, 0.05) is 18.1 Å². The maximum atomic E-state index is 11.9. The van der Waals surface area contributed by atoms with Gasteiger partial charge in [0.2, 0.25) is 5.95 Å². The van der Waals surface area contributed by atoms with Gasteiger partial charge in [0.25, 0.3) is 0 Å². The number of aliphatic carboxylic acids is 1. The van der Waals surface area contributed by atoms with Crippen molar-refractivity contribution < 1.29 is 15.0 Å². The third-order valence-electron chi connectivity index (χ3n) is 7.03. The van der Waals surface area contributed by atoms with Gasteiger partial charge in [-0.05, 0) is 67.9 Å². The number of carbonyl (C=O) groups is 1. The molecule has 1 aliphatic carbocycles. The summed E-state index contributed by atoms with van der Waals surface area (Å²) in [6.45, 7) is 7.55. The average Bonchev–Trinajstić information content (AvgIpc) is 3.27. The number of rotatable bonds is 5. The van der Waals surface area contributed by atoms with Crippen LogP contribution < -0.4 is 5.32 Å². The Kier molecular flexibility index (Phi) is 5.92. The molecule has 9 heteroatoms. The molecular formula is C25H27N5O3S. The first-order valence-corrected chi connectivity index (χ1v) is 11.8. The fraction of sp³-hybridized carbons (Fsp3) is 0.400. The van der Waals surface area contributed by atoms with Crippen LogP contribution in [0.5, 0.6) is 0 Å². The van der Waals surface area contributed by atoms with Crippen molar-refractivity contribution in [2.45, 2.75) is 52.6 Å². The number of aromatic nitrogens is 3. The summed E-state index contributed by atoms with van der Waals surface area (Å²) in [6, 6.07) is 9.48. The molecule has 3 aromatic rings. The van der Waals surface area contributed by atoms with Crippen LogP contribution in [-0.2, 0) is 10.4 Å². The van der Waals surface area contributed by atoms with Crippen LogP contribution in [-0.4, -0.2) is 31.1 Å². The van der Waals surface area contributed by atoms with Gasteiger partial charge in [0.05, 0.1) is 10.3 Å². The summed E-state index contributed by atoms with van der Waals surface area (Å²) in [5.41, 5.74) is 0.322. The van der Waals surface area contributed by atoms with Crippen LogP contribution in [0.3, 0.4) is 0 Å². The smallest absolute Gasteiger partial charge is 0.309 e. The molecule has 0 amide bonds.